The van der Waals surface area contributed by atoms with Gasteiger partial charge in [0.05, 0.1) is 20.5 Å². The number of amides is 2. The van der Waals surface area contributed by atoms with Crippen LogP contribution in [0, 0.1) is 12.8 Å². The van der Waals surface area contributed by atoms with Crippen LogP contribution in [-0.4, -0.2) is 44.0 Å². The molecular formula is C23H30N2O5. The van der Waals surface area contributed by atoms with Crippen molar-refractivity contribution in [1.29, 1.82) is 0 Å². The lowest BCUT2D eigenvalue weighted by Crippen LogP contribution is -2.40. The van der Waals surface area contributed by atoms with E-state index in [1.165, 1.54) is 0 Å². The molecule has 2 aromatic rings. The van der Waals surface area contributed by atoms with E-state index in [4.69, 9.17) is 13.9 Å². The Morgan fingerprint density at radius 1 is 1.23 bits per heavy atom. The SMILES string of the molecule is COc1ccc(CNC(=O)CCC2CCCN(C(=O)c3occc3C)C2)c(OC)c1. The van der Waals surface area contributed by atoms with Crippen LogP contribution in [0.5, 0.6) is 11.5 Å². The highest BCUT2D eigenvalue weighted by molar-refractivity contribution is 5.92. The fraction of sp³-hybridized carbons (Fsp3) is 0.478. The molecule has 1 atom stereocenters. The number of carbonyl (C=O) groups is 2. The first-order valence-electron chi connectivity index (χ1n) is 10.3. The van der Waals surface area contributed by atoms with Crippen LogP contribution in [0.3, 0.4) is 0 Å². The topological polar surface area (TPSA) is 81.0 Å². The number of ether oxygens (including phenoxy) is 2. The normalized spacial score (nSPS) is 16.2. The zero-order valence-corrected chi connectivity index (χ0v) is 17.9. The number of rotatable bonds is 8. The van der Waals surface area contributed by atoms with Crippen LogP contribution < -0.4 is 14.8 Å². The minimum absolute atomic E-state index is 0.00167. The molecule has 1 aromatic heterocycles. The van der Waals surface area contributed by atoms with Gasteiger partial charge in [-0.2, -0.15) is 0 Å². The Labute approximate surface area is 177 Å². The van der Waals surface area contributed by atoms with Crippen molar-refractivity contribution >= 4 is 11.8 Å². The van der Waals surface area contributed by atoms with E-state index in [-0.39, 0.29) is 11.8 Å². The third-order valence-corrected chi connectivity index (χ3v) is 5.61. The number of benzene rings is 1. The van der Waals surface area contributed by atoms with Crippen molar-refractivity contribution in [3.05, 3.63) is 47.4 Å². The predicted octanol–water partition coefficient (Wildman–Crippen LogP) is 3.55. The van der Waals surface area contributed by atoms with Crippen molar-refractivity contribution in [3.63, 3.8) is 0 Å². The summed E-state index contributed by atoms with van der Waals surface area (Å²) in [6.45, 7) is 3.68. The molecular weight excluding hydrogens is 384 g/mol. The van der Waals surface area contributed by atoms with Gasteiger partial charge >= 0.3 is 0 Å². The van der Waals surface area contributed by atoms with Crippen molar-refractivity contribution < 1.29 is 23.5 Å². The molecule has 1 unspecified atom stereocenters. The fourth-order valence-corrected chi connectivity index (χ4v) is 3.84. The Morgan fingerprint density at radius 3 is 2.77 bits per heavy atom. The van der Waals surface area contributed by atoms with Crippen molar-refractivity contribution in [1.82, 2.24) is 10.2 Å². The average Bonchev–Trinajstić information content (AvgIpc) is 3.21. The van der Waals surface area contributed by atoms with E-state index < -0.39 is 0 Å². The first kappa shape index (κ1) is 21.7. The maximum absolute atomic E-state index is 12.7. The van der Waals surface area contributed by atoms with Gasteiger partial charge < -0.3 is 24.1 Å². The van der Waals surface area contributed by atoms with Gasteiger partial charge in [-0.05, 0) is 50.3 Å². The first-order valence-corrected chi connectivity index (χ1v) is 10.3. The van der Waals surface area contributed by atoms with Gasteiger partial charge in [0, 0.05) is 43.2 Å². The van der Waals surface area contributed by atoms with E-state index in [9.17, 15) is 9.59 Å². The Hall–Kier alpha value is -2.96. The highest BCUT2D eigenvalue weighted by Crippen LogP contribution is 2.25. The third-order valence-electron chi connectivity index (χ3n) is 5.61. The summed E-state index contributed by atoms with van der Waals surface area (Å²) in [5.74, 6) is 2.07. The summed E-state index contributed by atoms with van der Waals surface area (Å²) in [6, 6.07) is 7.34. The molecule has 2 heterocycles. The summed E-state index contributed by atoms with van der Waals surface area (Å²) >= 11 is 0. The number of hydrogen-bond acceptors (Lipinski definition) is 5. The molecule has 1 fully saturated rings. The van der Waals surface area contributed by atoms with Gasteiger partial charge in [0.15, 0.2) is 5.76 Å². The summed E-state index contributed by atoms with van der Waals surface area (Å²) in [4.78, 5) is 26.9. The molecule has 0 aliphatic carbocycles. The molecule has 7 heteroatoms. The second-order valence-electron chi connectivity index (χ2n) is 7.69. The molecule has 1 N–H and O–H groups in total. The summed E-state index contributed by atoms with van der Waals surface area (Å²) < 4.78 is 15.9. The zero-order valence-electron chi connectivity index (χ0n) is 17.9. The van der Waals surface area contributed by atoms with Crippen LogP contribution in [0.4, 0.5) is 0 Å². The van der Waals surface area contributed by atoms with E-state index in [2.05, 4.69) is 5.32 Å². The Bertz CT molecular complexity index is 876. The largest absolute Gasteiger partial charge is 0.497 e. The molecule has 30 heavy (non-hydrogen) atoms. The molecule has 1 aromatic carbocycles. The minimum atomic E-state index is -0.0572. The van der Waals surface area contributed by atoms with Crippen LogP contribution in [0.25, 0.3) is 0 Å². The molecule has 0 saturated carbocycles. The number of carbonyl (C=O) groups excluding carboxylic acids is 2. The van der Waals surface area contributed by atoms with Gasteiger partial charge in [0.2, 0.25) is 5.91 Å². The molecule has 7 nitrogen and oxygen atoms in total. The van der Waals surface area contributed by atoms with Crippen LogP contribution in [0.15, 0.2) is 34.9 Å². The van der Waals surface area contributed by atoms with Crippen molar-refractivity contribution in [3.8, 4) is 11.5 Å². The van der Waals surface area contributed by atoms with Gasteiger partial charge in [-0.25, -0.2) is 0 Å². The highest BCUT2D eigenvalue weighted by Gasteiger charge is 2.27. The van der Waals surface area contributed by atoms with E-state index in [1.54, 1.807) is 32.6 Å². The maximum atomic E-state index is 12.7. The third kappa shape index (κ3) is 5.34. The van der Waals surface area contributed by atoms with Gasteiger partial charge in [0.25, 0.3) is 5.91 Å². The van der Waals surface area contributed by atoms with Crippen LogP contribution >= 0.6 is 0 Å². The average molecular weight is 415 g/mol. The molecule has 162 valence electrons. The number of furan rings is 1. The lowest BCUT2D eigenvalue weighted by Gasteiger charge is -2.32. The van der Waals surface area contributed by atoms with E-state index in [0.717, 1.165) is 36.9 Å². The fourth-order valence-electron chi connectivity index (χ4n) is 3.84. The summed E-state index contributed by atoms with van der Waals surface area (Å²) in [5.41, 5.74) is 1.75. The van der Waals surface area contributed by atoms with Crippen LogP contribution in [0.2, 0.25) is 0 Å². The van der Waals surface area contributed by atoms with E-state index >= 15 is 0 Å². The van der Waals surface area contributed by atoms with Crippen LogP contribution in [0.1, 0.15) is 47.4 Å². The lowest BCUT2D eigenvalue weighted by molar-refractivity contribution is -0.121. The second-order valence-corrected chi connectivity index (χ2v) is 7.69. The molecule has 1 aliphatic rings. The molecule has 0 bridgehead atoms. The second kappa shape index (κ2) is 10.2. The zero-order chi connectivity index (χ0) is 21.5. The lowest BCUT2D eigenvalue weighted by atomic mass is 9.93. The smallest absolute Gasteiger partial charge is 0.289 e. The predicted molar refractivity (Wildman–Crippen MR) is 113 cm³/mol. The summed E-state index contributed by atoms with van der Waals surface area (Å²) in [6.07, 6.45) is 4.71. The summed E-state index contributed by atoms with van der Waals surface area (Å²) in [7, 11) is 3.20. The molecule has 2 amide bonds. The van der Waals surface area contributed by atoms with Crippen molar-refractivity contribution in [2.75, 3.05) is 27.3 Å². The monoisotopic (exact) mass is 414 g/mol. The van der Waals surface area contributed by atoms with Gasteiger partial charge in [-0.3, -0.25) is 9.59 Å². The number of nitrogens with one attached hydrogen (secondary N) is 1. The highest BCUT2D eigenvalue weighted by atomic mass is 16.5. The Kier molecular flexibility index (Phi) is 7.38. The number of hydrogen-bond donors (Lipinski definition) is 1. The molecule has 0 radical (unpaired) electrons. The Morgan fingerprint density at radius 2 is 2.07 bits per heavy atom. The van der Waals surface area contributed by atoms with E-state index in [0.29, 0.717) is 42.7 Å². The minimum Gasteiger partial charge on any atom is -0.497 e. The van der Waals surface area contributed by atoms with E-state index in [1.807, 2.05) is 24.0 Å². The van der Waals surface area contributed by atoms with Gasteiger partial charge in [0.1, 0.15) is 11.5 Å². The Balaban J connectivity index is 1.46. The number of methoxy groups -OCH3 is 2. The number of likely N-dealkylation sites (tertiary alicyclic amines) is 1. The standard InChI is InChI=1S/C23H30N2O5/c1-16-10-12-30-22(16)23(27)25-11-4-5-17(15-25)6-9-21(26)24-14-18-7-8-19(28-2)13-20(18)29-3/h7-8,10,12-13,17H,4-6,9,11,14-15H2,1-3H3,(H,24,26). The van der Waals surface area contributed by atoms with Crippen LogP contribution in [-0.2, 0) is 11.3 Å². The molecule has 1 aliphatic heterocycles. The van der Waals surface area contributed by atoms with Gasteiger partial charge in [-0.1, -0.05) is 0 Å². The molecule has 0 spiro atoms. The maximum Gasteiger partial charge on any atom is 0.289 e. The number of piperidine rings is 1. The summed E-state index contributed by atoms with van der Waals surface area (Å²) in [5, 5.41) is 2.96. The van der Waals surface area contributed by atoms with Crippen molar-refractivity contribution in [2.45, 2.75) is 39.2 Å². The van der Waals surface area contributed by atoms with Crippen molar-refractivity contribution in [2.24, 2.45) is 5.92 Å². The molecule has 1 saturated heterocycles. The quantitative estimate of drug-likeness (QED) is 0.714. The molecule has 3 rings (SSSR count). The number of nitrogens with zero attached hydrogens (tertiary/aromatic N) is 1. The van der Waals surface area contributed by atoms with Gasteiger partial charge in [-0.15, -0.1) is 0 Å². The first-order chi connectivity index (χ1) is 14.5. The number of aryl methyl sites for hydroxylation is 1.